The third kappa shape index (κ3) is 3.50. The molecule has 9 heteroatoms. The smallest absolute Gasteiger partial charge is 0.328 e. The number of fused-ring (bicyclic) bond motifs is 3. The van der Waals surface area contributed by atoms with Crippen LogP contribution in [0.2, 0.25) is 0 Å². The first-order chi connectivity index (χ1) is 15.2. The van der Waals surface area contributed by atoms with Gasteiger partial charge in [0.05, 0.1) is 4.90 Å². The van der Waals surface area contributed by atoms with E-state index in [0.29, 0.717) is 37.3 Å². The molecule has 0 aromatic heterocycles. The second-order valence-electron chi connectivity index (χ2n) is 9.43. The third-order valence-electron chi connectivity index (χ3n) is 7.60. The topological polar surface area (TPSA) is 60.2 Å². The molecule has 1 saturated carbocycles. The first-order valence-electron chi connectivity index (χ1n) is 10.9. The lowest BCUT2D eigenvalue weighted by Gasteiger charge is -2.43. The lowest BCUT2D eigenvalue weighted by molar-refractivity contribution is -0.228. The Morgan fingerprint density at radius 3 is 2.27 bits per heavy atom. The quantitative estimate of drug-likeness (QED) is 0.454. The molecule has 0 heterocycles. The molecule has 2 unspecified atom stereocenters. The van der Waals surface area contributed by atoms with Gasteiger partial charge in [-0.05, 0) is 92.3 Å². The number of sulfone groups is 1. The number of nitrogens with two attached hydrogens (primary N) is 1. The van der Waals surface area contributed by atoms with Crippen molar-refractivity contribution >= 4 is 9.84 Å². The molecule has 2 aliphatic rings. The van der Waals surface area contributed by atoms with E-state index in [1.54, 1.807) is 0 Å². The largest absolute Gasteiger partial charge is 0.426 e. The van der Waals surface area contributed by atoms with Crippen LogP contribution < -0.4 is 5.73 Å². The van der Waals surface area contributed by atoms with Gasteiger partial charge in [0.1, 0.15) is 10.6 Å². The van der Waals surface area contributed by atoms with Gasteiger partial charge in [0.2, 0.25) is 5.67 Å². The van der Waals surface area contributed by atoms with Crippen LogP contribution >= 0.6 is 0 Å². The third-order valence-corrected chi connectivity index (χ3v) is 10.2. The second-order valence-corrected chi connectivity index (χ2v) is 11.6. The zero-order valence-electron chi connectivity index (χ0n) is 18.3. The average molecular weight is 488 g/mol. The summed E-state index contributed by atoms with van der Waals surface area (Å²) < 4.78 is 94.8. The molecule has 33 heavy (non-hydrogen) atoms. The van der Waals surface area contributed by atoms with Crippen LogP contribution in [0.5, 0.6) is 0 Å². The standard InChI is InChI=1S/C24H26F5NO2S/c1-14(30)19-11-12-23(33(31,32)18-7-5-17(25)6-8-18)20-10-4-16(22(2,26)24(27,28)29)13-15(20)3-9-21(19)23/h4-8,10,13-14,19,21H,3,9,11-12,30H2,1-2H3/t14?,19-,21-,22?,23+/m0/s1. The molecular weight excluding hydrogens is 461 g/mol. The van der Waals surface area contributed by atoms with Crippen LogP contribution in [0.25, 0.3) is 0 Å². The lowest BCUT2D eigenvalue weighted by atomic mass is 9.71. The summed E-state index contributed by atoms with van der Waals surface area (Å²) in [5.41, 5.74) is 2.87. The number of halogens is 5. The van der Waals surface area contributed by atoms with Gasteiger partial charge in [-0.15, -0.1) is 0 Å². The maximum Gasteiger partial charge on any atom is 0.426 e. The summed E-state index contributed by atoms with van der Waals surface area (Å²) >= 11 is 0. The molecule has 2 aromatic rings. The van der Waals surface area contributed by atoms with Gasteiger partial charge in [0.15, 0.2) is 9.84 Å². The van der Waals surface area contributed by atoms with Crippen molar-refractivity contribution in [2.45, 2.75) is 67.1 Å². The average Bonchev–Trinajstić information content (AvgIpc) is 3.15. The molecule has 2 aromatic carbocycles. The molecule has 0 amide bonds. The molecule has 3 nitrogen and oxygen atoms in total. The summed E-state index contributed by atoms with van der Waals surface area (Å²) in [6.07, 6.45) is -3.61. The van der Waals surface area contributed by atoms with Crippen LogP contribution in [0.3, 0.4) is 0 Å². The normalized spacial score (nSPS) is 28.0. The van der Waals surface area contributed by atoms with E-state index in [1.807, 2.05) is 6.92 Å². The summed E-state index contributed by atoms with van der Waals surface area (Å²) in [5.74, 6) is -1.04. The van der Waals surface area contributed by atoms with E-state index in [2.05, 4.69) is 0 Å². The number of hydrogen-bond acceptors (Lipinski definition) is 3. The molecule has 1 fully saturated rings. The van der Waals surface area contributed by atoms with Crippen molar-refractivity contribution < 1.29 is 30.4 Å². The van der Waals surface area contributed by atoms with Crippen molar-refractivity contribution in [3.05, 3.63) is 65.0 Å². The zero-order chi connectivity index (χ0) is 24.4. The summed E-state index contributed by atoms with van der Waals surface area (Å²) in [6, 6.07) is 7.81. The van der Waals surface area contributed by atoms with Gasteiger partial charge >= 0.3 is 6.18 Å². The molecule has 2 N–H and O–H groups in total. The van der Waals surface area contributed by atoms with Gasteiger partial charge in [-0.1, -0.05) is 18.2 Å². The highest BCUT2D eigenvalue weighted by Crippen LogP contribution is 2.60. The molecule has 4 rings (SSSR count). The number of benzene rings is 2. The minimum absolute atomic E-state index is 0.0539. The highest BCUT2D eigenvalue weighted by Gasteiger charge is 2.61. The maximum absolute atomic E-state index is 14.7. The van der Waals surface area contributed by atoms with Crippen LogP contribution in [0.4, 0.5) is 22.0 Å². The Morgan fingerprint density at radius 2 is 1.70 bits per heavy atom. The van der Waals surface area contributed by atoms with Gasteiger partial charge in [0, 0.05) is 6.04 Å². The minimum atomic E-state index is -5.11. The second kappa shape index (κ2) is 7.77. The number of alkyl halides is 4. The van der Waals surface area contributed by atoms with E-state index >= 15 is 0 Å². The number of hydrogen-bond donors (Lipinski definition) is 1. The fourth-order valence-corrected chi connectivity index (χ4v) is 8.29. The molecular formula is C24H26F5NO2S. The van der Waals surface area contributed by atoms with Gasteiger partial charge < -0.3 is 5.73 Å². The molecule has 0 spiro atoms. The van der Waals surface area contributed by atoms with Crippen molar-refractivity contribution in [1.82, 2.24) is 0 Å². The van der Waals surface area contributed by atoms with Crippen molar-refractivity contribution in [3.63, 3.8) is 0 Å². The maximum atomic E-state index is 14.7. The van der Waals surface area contributed by atoms with Crippen molar-refractivity contribution in [1.29, 1.82) is 0 Å². The van der Waals surface area contributed by atoms with Gasteiger partial charge in [-0.3, -0.25) is 0 Å². The molecule has 2 aliphatic carbocycles. The van der Waals surface area contributed by atoms with E-state index in [-0.39, 0.29) is 29.2 Å². The first kappa shape index (κ1) is 24.1. The van der Waals surface area contributed by atoms with Crippen molar-refractivity contribution in [2.75, 3.05) is 0 Å². The zero-order valence-corrected chi connectivity index (χ0v) is 19.1. The van der Waals surface area contributed by atoms with Crippen LogP contribution in [-0.4, -0.2) is 20.6 Å². The monoisotopic (exact) mass is 487 g/mol. The first-order valence-corrected chi connectivity index (χ1v) is 12.4. The van der Waals surface area contributed by atoms with E-state index in [4.69, 9.17) is 5.73 Å². The molecule has 0 radical (unpaired) electrons. The number of aryl methyl sites for hydroxylation is 1. The fourth-order valence-electron chi connectivity index (χ4n) is 5.81. The van der Waals surface area contributed by atoms with E-state index < -0.39 is 37.8 Å². The summed E-state index contributed by atoms with van der Waals surface area (Å²) in [6.45, 7) is 2.29. The molecule has 0 saturated heterocycles. The van der Waals surface area contributed by atoms with Crippen molar-refractivity contribution in [2.24, 2.45) is 17.6 Å². The lowest BCUT2D eigenvalue weighted by Crippen LogP contribution is -2.47. The summed E-state index contributed by atoms with van der Waals surface area (Å²) in [4.78, 5) is -0.0539. The molecule has 0 bridgehead atoms. The van der Waals surface area contributed by atoms with Crippen LogP contribution in [0.1, 0.15) is 49.8 Å². The molecule has 0 aliphatic heterocycles. The Labute approximate surface area is 190 Å². The highest BCUT2D eigenvalue weighted by molar-refractivity contribution is 7.92. The Hall–Kier alpha value is -2.00. The van der Waals surface area contributed by atoms with Crippen LogP contribution in [-0.2, 0) is 26.7 Å². The van der Waals surface area contributed by atoms with E-state index in [1.165, 1.54) is 18.2 Å². The van der Waals surface area contributed by atoms with E-state index in [9.17, 15) is 30.4 Å². The Morgan fingerprint density at radius 1 is 1.06 bits per heavy atom. The van der Waals surface area contributed by atoms with Crippen molar-refractivity contribution in [3.8, 4) is 0 Å². The summed E-state index contributed by atoms with van der Waals surface area (Å²) in [7, 11) is -4.07. The fraction of sp³-hybridized carbons (Fsp3) is 0.500. The molecule has 5 atom stereocenters. The van der Waals surface area contributed by atoms with Crippen LogP contribution in [0.15, 0.2) is 47.4 Å². The Kier molecular flexibility index (Phi) is 5.68. The van der Waals surface area contributed by atoms with Gasteiger partial charge in [-0.2, -0.15) is 13.2 Å². The Bertz CT molecular complexity index is 1160. The minimum Gasteiger partial charge on any atom is -0.328 e. The van der Waals surface area contributed by atoms with Crippen LogP contribution in [0, 0.1) is 17.7 Å². The summed E-state index contributed by atoms with van der Waals surface area (Å²) in [5, 5.41) is 0. The van der Waals surface area contributed by atoms with Gasteiger partial charge in [-0.25, -0.2) is 17.2 Å². The van der Waals surface area contributed by atoms with E-state index in [0.717, 1.165) is 24.3 Å². The van der Waals surface area contributed by atoms with Gasteiger partial charge in [0.25, 0.3) is 0 Å². The predicted octanol–water partition coefficient (Wildman–Crippen LogP) is 5.56. The molecule has 180 valence electrons. The SMILES string of the molecule is CC(N)[C@@H]1CC[C@@]2(S(=O)(=O)c3ccc(F)cc3)c3ccc(C(C)(F)C(F)(F)F)cc3CC[C@@H]12. The number of rotatable bonds is 4. The highest BCUT2D eigenvalue weighted by atomic mass is 32.2. The predicted molar refractivity (Wildman–Crippen MR) is 114 cm³/mol. The Balaban J connectivity index is 1.93.